The summed E-state index contributed by atoms with van der Waals surface area (Å²) in [5, 5.41) is 2.23. The molecule has 18 heavy (non-hydrogen) atoms. The van der Waals surface area contributed by atoms with E-state index in [-0.39, 0.29) is 0 Å². The Balaban J connectivity index is 2.23. The van der Waals surface area contributed by atoms with E-state index < -0.39 is 0 Å². The SMILES string of the molecule is Cc1ccccc1-c1cc2cc(Cl)c(Cl)cc2[nH]1. The van der Waals surface area contributed by atoms with E-state index in [0.717, 1.165) is 16.6 Å². The summed E-state index contributed by atoms with van der Waals surface area (Å²) < 4.78 is 0. The second-order valence-electron chi connectivity index (χ2n) is 4.35. The van der Waals surface area contributed by atoms with Crippen molar-refractivity contribution in [2.24, 2.45) is 0 Å². The number of rotatable bonds is 1. The minimum absolute atomic E-state index is 0.572. The summed E-state index contributed by atoms with van der Waals surface area (Å²) in [5.41, 5.74) is 4.52. The smallest absolute Gasteiger partial charge is 0.0613 e. The predicted octanol–water partition coefficient (Wildman–Crippen LogP) is 5.45. The summed E-state index contributed by atoms with van der Waals surface area (Å²) in [7, 11) is 0. The van der Waals surface area contributed by atoms with Crippen LogP contribution in [0.1, 0.15) is 5.56 Å². The average molecular weight is 276 g/mol. The van der Waals surface area contributed by atoms with Crippen molar-refractivity contribution in [1.82, 2.24) is 4.98 Å². The average Bonchev–Trinajstić information content (AvgIpc) is 2.73. The first-order valence-electron chi connectivity index (χ1n) is 5.69. The molecule has 0 spiro atoms. The predicted molar refractivity (Wildman–Crippen MR) is 78.5 cm³/mol. The van der Waals surface area contributed by atoms with Crippen molar-refractivity contribution in [2.45, 2.75) is 6.92 Å². The summed E-state index contributed by atoms with van der Waals surface area (Å²) in [5.74, 6) is 0. The largest absolute Gasteiger partial charge is 0.354 e. The summed E-state index contributed by atoms with van der Waals surface area (Å²) >= 11 is 12.1. The van der Waals surface area contributed by atoms with Crippen LogP contribution in [0.25, 0.3) is 22.2 Å². The van der Waals surface area contributed by atoms with E-state index in [2.05, 4.69) is 30.1 Å². The van der Waals surface area contributed by atoms with Crippen molar-refractivity contribution in [3.05, 3.63) is 58.1 Å². The molecule has 0 fully saturated rings. The number of aromatic amines is 1. The third-order valence-corrected chi connectivity index (χ3v) is 3.82. The third-order valence-electron chi connectivity index (χ3n) is 3.10. The lowest BCUT2D eigenvalue weighted by Gasteiger charge is -2.01. The zero-order chi connectivity index (χ0) is 12.7. The Bertz CT molecular complexity index is 689. The van der Waals surface area contributed by atoms with Gasteiger partial charge < -0.3 is 4.98 Å². The topological polar surface area (TPSA) is 15.8 Å². The Morgan fingerprint density at radius 1 is 0.944 bits per heavy atom. The van der Waals surface area contributed by atoms with E-state index in [1.54, 1.807) is 0 Å². The first kappa shape index (κ1) is 11.6. The maximum absolute atomic E-state index is 6.03. The number of H-pyrrole nitrogens is 1. The molecule has 0 bridgehead atoms. The maximum Gasteiger partial charge on any atom is 0.0613 e. The Kier molecular flexibility index (Phi) is 2.81. The van der Waals surface area contributed by atoms with Crippen molar-refractivity contribution in [3.63, 3.8) is 0 Å². The fourth-order valence-corrected chi connectivity index (χ4v) is 2.48. The molecule has 0 amide bonds. The lowest BCUT2D eigenvalue weighted by Crippen LogP contribution is -1.81. The summed E-state index contributed by atoms with van der Waals surface area (Å²) in [4.78, 5) is 3.38. The molecule has 3 aromatic rings. The van der Waals surface area contributed by atoms with E-state index in [9.17, 15) is 0 Å². The normalized spacial score (nSPS) is 11.1. The molecule has 0 aliphatic carbocycles. The number of hydrogen-bond acceptors (Lipinski definition) is 0. The number of fused-ring (bicyclic) bond motifs is 1. The summed E-state index contributed by atoms with van der Waals surface area (Å²) in [6, 6.07) is 14.1. The fraction of sp³-hybridized carbons (Fsp3) is 0.0667. The van der Waals surface area contributed by atoms with Crippen molar-refractivity contribution in [1.29, 1.82) is 0 Å². The standard InChI is InChI=1S/C15H11Cl2N/c1-9-4-2-3-5-11(9)15-7-10-6-12(16)13(17)8-14(10)18-15/h2-8,18H,1H3. The van der Waals surface area contributed by atoms with Crippen LogP contribution in [0, 0.1) is 6.92 Å². The molecule has 0 radical (unpaired) electrons. The Morgan fingerprint density at radius 3 is 2.44 bits per heavy atom. The van der Waals surface area contributed by atoms with Gasteiger partial charge in [0, 0.05) is 22.2 Å². The van der Waals surface area contributed by atoms with Gasteiger partial charge in [0.25, 0.3) is 0 Å². The summed E-state index contributed by atoms with van der Waals surface area (Å²) in [6.45, 7) is 2.10. The van der Waals surface area contributed by atoms with Gasteiger partial charge in [0.1, 0.15) is 0 Å². The highest BCUT2D eigenvalue weighted by Crippen LogP contribution is 2.31. The Labute approximate surface area is 115 Å². The minimum Gasteiger partial charge on any atom is -0.354 e. The van der Waals surface area contributed by atoms with Crippen molar-refractivity contribution >= 4 is 34.1 Å². The number of nitrogens with one attached hydrogen (secondary N) is 1. The molecule has 90 valence electrons. The number of aromatic nitrogens is 1. The van der Waals surface area contributed by atoms with Gasteiger partial charge in [-0.15, -0.1) is 0 Å². The van der Waals surface area contributed by atoms with Crippen molar-refractivity contribution < 1.29 is 0 Å². The number of aryl methyl sites for hydroxylation is 1. The zero-order valence-corrected chi connectivity index (χ0v) is 11.3. The Hall–Kier alpha value is -1.44. The molecular weight excluding hydrogens is 265 g/mol. The van der Waals surface area contributed by atoms with Crippen LogP contribution in [0.2, 0.25) is 10.0 Å². The lowest BCUT2D eigenvalue weighted by atomic mass is 10.1. The van der Waals surface area contributed by atoms with Gasteiger partial charge in [0.15, 0.2) is 0 Å². The number of halogens is 2. The second-order valence-corrected chi connectivity index (χ2v) is 5.17. The van der Waals surface area contributed by atoms with Gasteiger partial charge in [0.05, 0.1) is 10.0 Å². The first-order chi connectivity index (χ1) is 8.65. The van der Waals surface area contributed by atoms with Crippen LogP contribution >= 0.6 is 23.2 Å². The molecule has 1 N–H and O–H groups in total. The molecule has 0 saturated heterocycles. The monoisotopic (exact) mass is 275 g/mol. The van der Waals surface area contributed by atoms with Crippen LogP contribution in [0.5, 0.6) is 0 Å². The second kappa shape index (κ2) is 4.34. The van der Waals surface area contributed by atoms with E-state index in [1.807, 2.05) is 24.3 Å². The molecule has 2 aromatic carbocycles. The van der Waals surface area contributed by atoms with Gasteiger partial charge in [-0.05, 0) is 30.7 Å². The van der Waals surface area contributed by atoms with Gasteiger partial charge in [-0.3, -0.25) is 0 Å². The van der Waals surface area contributed by atoms with Crippen molar-refractivity contribution in [3.8, 4) is 11.3 Å². The number of hydrogen-bond donors (Lipinski definition) is 1. The molecule has 1 aromatic heterocycles. The quantitative estimate of drug-likeness (QED) is 0.608. The highest BCUT2D eigenvalue weighted by Gasteiger charge is 2.07. The maximum atomic E-state index is 6.03. The zero-order valence-electron chi connectivity index (χ0n) is 9.80. The minimum atomic E-state index is 0.572. The molecule has 3 rings (SSSR count). The van der Waals surface area contributed by atoms with Crippen LogP contribution in [0.4, 0.5) is 0 Å². The van der Waals surface area contributed by atoms with Gasteiger partial charge in [-0.1, -0.05) is 47.5 Å². The highest BCUT2D eigenvalue weighted by atomic mass is 35.5. The molecule has 0 unspecified atom stereocenters. The molecule has 0 saturated carbocycles. The molecule has 0 aliphatic rings. The van der Waals surface area contributed by atoms with Crippen LogP contribution in [0.15, 0.2) is 42.5 Å². The fourth-order valence-electron chi connectivity index (χ4n) is 2.15. The van der Waals surface area contributed by atoms with E-state index in [0.29, 0.717) is 10.0 Å². The summed E-state index contributed by atoms with van der Waals surface area (Å²) in [6.07, 6.45) is 0. The van der Waals surface area contributed by atoms with Gasteiger partial charge in [0.2, 0.25) is 0 Å². The van der Waals surface area contributed by atoms with Crippen LogP contribution in [-0.4, -0.2) is 4.98 Å². The molecular formula is C15H11Cl2N. The molecule has 3 heteroatoms. The molecule has 1 heterocycles. The van der Waals surface area contributed by atoms with Crippen LogP contribution in [0.3, 0.4) is 0 Å². The molecule has 1 nitrogen and oxygen atoms in total. The van der Waals surface area contributed by atoms with Crippen LogP contribution in [-0.2, 0) is 0 Å². The van der Waals surface area contributed by atoms with Crippen LogP contribution < -0.4 is 0 Å². The van der Waals surface area contributed by atoms with E-state index in [4.69, 9.17) is 23.2 Å². The molecule has 0 atom stereocenters. The van der Waals surface area contributed by atoms with Crippen molar-refractivity contribution in [2.75, 3.05) is 0 Å². The molecule has 0 aliphatic heterocycles. The van der Waals surface area contributed by atoms with E-state index in [1.165, 1.54) is 11.1 Å². The van der Waals surface area contributed by atoms with E-state index >= 15 is 0 Å². The van der Waals surface area contributed by atoms with Gasteiger partial charge >= 0.3 is 0 Å². The Morgan fingerprint density at radius 2 is 1.67 bits per heavy atom. The number of benzene rings is 2. The lowest BCUT2D eigenvalue weighted by molar-refractivity contribution is 1.39. The first-order valence-corrected chi connectivity index (χ1v) is 6.44. The van der Waals surface area contributed by atoms with Gasteiger partial charge in [-0.25, -0.2) is 0 Å². The third kappa shape index (κ3) is 1.90. The van der Waals surface area contributed by atoms with Gasteiger partial charge in [-0.2, -0.15) is 0 Å². The highest BCUT2D eigenvalue weighted by molar-refractivity contribution is 6.42.